The molecule has 2 amide bonds. The zero-order valence-corrected chi connectivity index (χ0v) is 22.9. The van der Waals surface area contributed by atoms with Crippen LogP contribution in [0.2, 0.25) is 0 Å². The van der Waals surface area contributed by atoms with Crippen LogP contribution >= 0.6 is 11.8 Å². The fourth-order valence-corrected chi connectivity index (χ4v) is 5.85. The van der Waals surface area contributed by atoms with Gasteiger partial charge >= 0.3 is 0 Å². The number of anilines is 1. The van der Waals surface area contributed by atoms with Gasteiger partial charge in [-0.1, -0.05) is 18.2 Å². The highest BCUT2D eigenvalue weighted by Crippen LogP contribution is 2.28. The molecule has 5 heterocycles. The molecule has 0 unspecified atom stereocenters. The molecule has 9 nitrogen and oxygen atoms in total. The van der Waals surface area contributed by atoms with Crippen LogP contribution < -0.4 is 15.5 Å². The van der Waals surface area contributed by atoms with E-state index in [0.717, 1.165) is 72.1 Å². The molecule has 0 atom stereocenters. The summed E-state index contributed by atoms with van der Waals surface area (Å²) in [4.78, 5) is 44.3. The minimum absolute atomic E-state index is 0.351. The predicted octanol–water partition coefficient (Wildman–Crippen LogP) is 4.73. The molecule has 0 radical (unpaired) electrons. The van der Waals surface area contributed by atoms with E-state index in [0.29, 0.717) is 29.0 Å². The molecule has 2 fully saturated rings. The van der Waals surface area contributed by atoms with Crippen LogP contribution in [0.3, 0.4) is 0 Å². The van der Waals surface area contributed by atoms with Crippen LogP contribution in [0, 0.1) is 12.8 Å². The molecule has 3 aromatic heterocycles. The lowest BCUT2D eigenvalue weighted by atomic mass is 9.97. The van der Waals surface area contributed by atoms with Gasteiger partial charge in [-0.05, 0) is 86.0 Å². The lowest BCUT2D eigenvalue weighted by Crippen LogP contribution is -2.38. The van der Waals surface area contributed by atoms with Gasteiger partial charge in [0.25, 0.3) is 11.1 Å². The average Bonchev–Trinajstić information content (AvgIpc) is 3.28. The first-order valence-electron chi connectivity index (χ1n) is 13.4. The summed E-state index contributed by atoms with van der Waals surface area (Å²) >= 11 is 0.890. The maximum atomic E-state index is 11.8. The topological polar surface area (TPSA) is 113 Å². The van der Waals surface area contributed by atoms with E-state index in [1.165, 1.54) is 5.56 Å². The van der Waals surface area contributed by atoms with Crippen LogP contribution in [-0.4, -0.2) is 50.7 Å². The van der Waals surface area contributed by atoms with Crippen molar-refractivity contribution < 1.29 is 9.59 Å². The van der Waals surface area contributed by atoms with Crippen LogP contribution in [-0.2, 0) is 11.3 Å². The maximum absolute atomic E-state index is 11.8. The Kier molecular flexibility index (Phi) is 7.52. The van der Waals surface area contributed by atoms with Crippen molar-refractivity contribution in [3.8, 4) is 11.3 Å². The molecule has 1 aromatic carbocycles. The van der Waals surface area contributed by atoms with Crippen LogP contribution in [0.4, 0.5) is 10.7 Å². The zero-order valence-electron chi connectivity index (χ0n) is 22.1. The Balaban J connectivity index is 1.04. The summed E-state index contributed by atoms with van der Waals surface area (Å²) < 4.78 is 0. The van der Waals surface area contributed by atoms with Crippen LogP contribution in [0.15, 0.2) is 65.8 Å². The predicted molar refractivity (Wildman–Crippen MR) is 157 cm³/mol. The van der Waals surface area contributed by atoms with Gasteiger partial charge in [-0.15, -0.1) is 0 Å². The first-order valence-corrected chi connectivity index (χ1v) is 14.2. The normalized spacial score (nSPS) is 17.1. The van der Waals surface area contributed by atoms with E-state index < -0.39 is 0 Å². The van der Waals surface area contributed by atoms with Crippen molar-refractivity contribution in [2.24, 2.45) is 5.92 Å². The van der Waals surface area contributed by atoms with Gasteiger partial charge < -0.3 is 10.2 Å². The number of nitrogens with zero attached hydrogens (tertiary/aromatic N) is 5. The van der Waals surface area contributed by atoms with E-state index in [2.05, 4.69) is 55.6 Å². The molecule has 6 rings (SSSR count). The Morgan fingerprint density at radius 1 is 1.05 bits per heavy atom. The van der Waals surface area contributed by atoms with Gasteiger partial charge in [-0.3, -0.25) is 24.9 Å². The lowest BCUT2D eigenvalue weighted by Gasteiger charge is -2.32. The van der Waals surface area contributed by atoms with Crippen LogP contribution in [0.5, 0.6) is 0 Å². The third kappa shape index (κ3) is 5.88. The molecule has 2 N–H and O–H groups in total. The van der Waals surface area contributed by atoms with Crippen molar-refractivity contribution in [3.63, 3.8) is 0 Å². The highest BCUT2D eigenvalue weighted by atomic mass is 32.2. The van der Waals surface area contributed by atoms with Gasteiger partial charge in [0.1, 0.15) is 0 Å². The quantitative estimate of drug-likeness (QED) is 0.315. The second-order valence-corrected chi connectivity index (χ2v) is 11.1. The summed E-state index contributed by atoms with van der Waals surface area (Å²) in [5.41, 5.74) is 5.88. The third-order valence-corrected chi connectivity index (χ3v) is 7.98. The van der Waals surface area contributed by atoms with E-state index in [1.54, 1.807) is 18.3 Å². The Morgan fingerprint density at radius 2 is 1.88 bits per heavy atom. The molecule has 40 heavy (non-hydrogen) atoms. The molecule has 10 heteroatoms. The molecule has 0 bridgehead atoms. The lowest BCUT2D eigenvalue weighted by molar-refractivity contribution is -0.115. The first kappa shape index (κ1) is 26.1. The Morgan fingerprint density at radius 3 is 2.70 bits per heavy atom. The van der Waals surface area contributed by atoms with Crippen molar-refractivity contribution in [1.82, 2.24) is 30.6 Å². The Bertz CT molecular complexity index is 1610. The number of rotatable bonds is 7. The molecule has 2 aliphatic heterocycles. The maximum Gasteiger partial charge on any atom is 0.290 e. The number of benzene rings is 1. The van der Waals surface area contributed by atoms with Crippen molar-refractivity contribution >= 4 is 45.8 Å². The first-order chi connectivity index (χ1) is 19.5. The average molecular weight is 552 g/mol. The van der Waals surface area contributed by atoms with Gasteiger partial charge in [0.2, 0.25) is 5.95 Å². The van der Waals surface area contributed by atoms with E-state index in [4.69, 9.17) is 4.98 Å². The molecule has 0 aliphatic carbocycles. The minimum atomic E-state index is -0.383. The monoisotopic (exact) mass is 551 g/mol. The SMILES string of the molecule is Cc1cc(CNCC2CCN(c3nccc(C=C4SC(=O)NC4=O)n3)CC2)nc(-c2ccnc3ccccc23)c1. The largest absolute Gasteiger partial charge is 0.341 e. The number of imide groups is 1. The van der Waals surface area contributed by atoms with E-state index in [-0.39, 0.29) is 11.1 Å². The second-order valence-electron chi connectivity index (χ2n) is 10.1. The van der Waals surface area contributed by atoms with Crippen molar-refractivity contribution in [2.45, 2.75) is 26.3 Å². The molecule has 2 aliphatic rings. The summed E-state index contributed by atoms with van der Waals surface area (Å²) in [5.74, 6) is 0.821. The number of aromatic nitrogens is 4. The smallest absolute Gasteiger partial charge is 0.290 e. The number of pyridine rings is 2. The molecule has 4 aromatic rings. The summed E-state index contributed by atoms with van der Waals surface area (Å²) in [6, 6.07) is 16.2. The number of thioether (sulfide) groups is 1. The second kappa shape index (κ2) is 11.5. The summed E-state index contributed by atoms with van der Waals surface area (Å²) in [5, 5.41) is 6.64. The minimum Gasteiger partial charge on any atom is -0.341 e. The van der Waals surface area contributed by atoms with Gasteiger partial charge in [0.15, 0.2) is 0 Å². The van der Waals surface area contributed by atoms with Gasteiger partial charge in [-0.2, -0.15) is 0 Å². The Labute approximate surface area is 236 Å². The van der Waals surface area contributed by atoms with Gasteiger partial charge in [0.05, 0.1) is 27.5 Å². The number of nitrogens with one attached hydrogen (secondary N) is 2. The molecular formula is C30H29N7O2S. The number of para-hydroxylation sites is 1. The number of carbonyl (C=O) groups excluding carboxylic acids is 2. The van der Waals surface area contributed by atoms with Crippen LogP contribution in [0.1, 0.15) is 29.8 Å². The van der Waals surface area contributed by atoms with Crippen molar-refractivity contribution in [2.75, 3.05) is 24.5 Å². The highest BCUT2D eigenvalue weighted by molar-refractivity contribution is 8.18. The molecular weight excluding hydrogens is 522 g/mol. The van der Waals surface area contributed by atoms with Crippen LogP contribution in [0.25, 0.3) is 28.2 Å². The molecule has 2 saturated heterocycles. The number of hydrogen-bond donors (Lipinski definition) is 2. The van der Waals surface area contributed by atoms with Crippen molar-refractivity contribution in [1.29, 1.82) is 0 Å². The number of amides is 2. The fraction of sp³-hybridized carbons (Fsp3) is 0.267. The van der Waals surface area contributed by atoms with Gasteiger partial charge in [-0.25, -0.2) is 9.97 Å². The molecule has 0 spiro atoms. The standard InChI is InChI=1S/C30H29N7O2S/c1-19-14-22(34-26(15-19)24-7-11-32-25-5-3-2-4-23(24)25)18-31-17-20-8-12-37(13-9-20)29-33-10-6-21(35-29)16-27-28(38)36-30(39)40-27/h2-7,10-11,14-16,20,31H,8-9,12-13,17-18H2,1H3,(H,36,38,39). The third-order valence-electron chi connectivity index (χ3n) is 7.17. The molecule has 0 saturated carbocycles. The summed E-state index contributed by atoms with van der Waals surface area (Å²) in [7, 11) is 0. The Hall–Kier alpha value is -4.15. The molecule has 202 valence electrons. The fourth-order valence-electron chi connectivity index (χ4n) is 5.18. The van der Waals surface area contributed by atoms with E-state index in [9.17, 15) is 9.59 Å². The number of aryl methyl sites for hydroxylation is 1. The summed E-state index contributed by atoms with van der Waals surface area (Å²) in [6.45, 7) is 5.47. The number of hydrogen-bond acceptors (Lipinski definition) is 9. The zero-order chi connectivity index (χ0) is 27.5. The van der Waals surface area contributed by atoms with Crippen molar-refractivity contribution in [3.05, 3.63) is 82.8 Å². The van der Waals surface area contributed by atoms with E-state index in [1.807, 2.05) is 30.5 Å². The summed E-state index contributed by atoms with van der Waals surface area (Å²) in [6.07, 6.45) is 7.24. The number of carbonyl (C=O) groups is 2. The number of piperidine rings is 1. The van der Waals surface area contributed by atoms with Gasteiger partial charge in [0, 0.05) is 43.0 Å². The van der Waals surface area contributed by atoms with E-state index >= 15 is 0 Å². The number of fused-ring (bicyclic) bond motifs is 1. The highest BCUT2D eigenvalue weighted by Gasteiger charge is 2.26.